The third-order valence-electron chi connectivity index (χ3n) is 4.12. The summed E-state index contributed by atoms with van der Waals surface area (Å²) in [5, 5.41) is 9.01. The van der Waals surface area contributed by atoms with E-state index in [1.807, 2.05) is 0 Å². The van der Waals surface area contributed by atoms with E-state index in [9.17, 15) is 4.79 Å². The van der Waals surface area contributed by atoms with Gasteiger partial charge in [0.25, 0.3) is 0 Å². The molecule has 0 amide bonds. The van der Waals surface area contributed by atoms with Crippen LogP contribution < -0.4 is 0 Å². The Labute approximate surface area is 103 Å². The number of aliphatic carboxylic acids is 1. The average molecular weight is 241 g/mol. The van der Waals surface area contributed by atoms with E-state index < -0.39 is 5.97 Å². The minimum Gasteiger partial charge on any atom is -0.480 e. The summed E-state index contributed by atoms with van der Waals surface area (Å²) in [5.74, 6) is -0.707. The molecule has 0 bridgehead atoms. The van der Waals surface area contributed by atoms with Crippen molar-refractivity contribution in [2.24, 2.45) is 0 Å². The van der Waals surface area contributed by atoms with Gasteiger partial charge in [-0.1, -0.05) is 6.92 Å². The van der Waals surface area contributed by atoms with E-state index in [1.54, 1.807) is 0 Å². The number of carboxylic acids is 1. The lowest BCUT2D eigenvalue weighted by molar-refractivity contribution is -0.142. The second kappa shape index (κ2) is 4.94. The number of carbonyl (C=O) groups is 1. The quantitative estimate of drug-likeness (QED) is 0.798. The van der Waals surface area contributed by atoms with Crippen molar-refractivity contribution in [1.29, 1.82) is 0 Å². The maximum absolute atomic E-state index is 10.9. The van der Waals surface area contributed by atoms with Crippen molar-refractivity contribution in [2.75, 3.05) is 13.2 Å². The molecule has 2 atom stereocenters. The predicted octanol–water partition coefficient (Wildman–Crippen LogP) is 1.88. The molecule has 2 rings (SSSR count). The summed E-state index contributed by atoms with van der Waals surface area (Å²) in [4.78, 5) is 13.1. The second-order valence-electron chi connectivity index (χ2n) is 5.60. The molecule has 0 radical (unpaired) electrons. The van der Waals surface area contributed by atoms with Gasteiger partial charge >= 0.3 is 5.97 Å². The van der Waals surface area contributed by atoms with Crippen LogP contribution in [0.1, 0.15) is 46.0 Å². The first-order chi connectivity index (χ1) is 8.04. The van der Waals surface area contributed by atoms with E-state index in [2.05, 4.69) is 18.7 Å². The fourth-order valence-electron chi connectivity index (χ4n) is 2.75. The monoisotopic (exact) mass is 241 g/mol. The summed E-state index contributed by atoms with van der Waals surface area (Å²) in [5.41, 5.74) is -0.0610. The third kappa shape index (κ3) is 3.19. The first kappa shape index (κ1) is 12.8. The van der Waals surface area contributed by atoms with E-state index in [4.69, 9.17) is 9.84 Å². The van der Waals surface area contributed by atoms with Crippen molar-refractivity contribution in [1.82, 2.24) is 4.90 Å². The molecular weight excluding hydrogens is 218 g/mol. The molecule has 0 spiro atoms. The van der Waals surface area contributed by atoms with Crippen molar-refractivity contribution in [2.45, 2.75) is 63.6 Å². The Kier molecular flexibility index (Phi) is 3.73. The Balaban J connectivity index is 2.00. The van der Waals surface area contributed by atoms with Crippen LogP contribution in [0, 0.1) is 0 Å². The Hall–Kier alpha value is -0.610. The zero-order valence-electron chi connectivity index (χ0n) is 10.8. The van der Waals surface area contributed by atoms with Crippen LogP contribution in [-0.4, -0.2) is 46.8 Å². The molecule has 4 heteroatoms. The molecule has 1 saturated heterocycles. The molecule has 1 aliphatic carbocycles. The molecule has 1 aliphatic heterocycles. The van der Waals surface area contributed by atoms with E-state index >= 15 is 0 Å². The Morgan fingerprint density at radius 1 is 1.41 bits per heavy atom. The normalized spacial score (nSPS) is 33.9. The second-order valence-corrected chi connectivity index (χ2v) is 5.60. The van der Waals surface area contributed by atoms with E-state index in [0.717, 1.165) is 38.7 Å². The van der Waals surface area contributed by atoms with Gasteiger partial charge in [-0.3, -0.25) is 9.69 Å². The molecular formula is C13H23NO3. The highest BCUT2D eigenvalue weighted by atomic mass is 16.5. The predicted molar refractivity (Wildman–Crippen MR) is 65.0 cm³/mol. The van der Waals surface area contributed by atoms with Gasteiger partial charge in [0, 0.05) is 18.7 Å². The number of carboxylic acid groups (broad SMARTS) is 1. The molecule has 0 aromatic heterocycles. The minimum absolute atomic E-state index is 0.0610. The van der Waals surface area contributed by atoms with Gasteiger partial charge in [-0.05, 0) is 39.0 Å². The van der Waals surface area contributed by atoms with Crippen molar-refractivity contribution < 1.29 is 14.6 Å². The molecule has 4 nitrogen and oxygen atoms in total. The van der Waals surface area contributed by atoms with Gasteiger partial charge in [-0.15, -0.1) is 0 Å². The lowest BCUT2D eigenvalue weighted by Crippen LogP contribution is -2.49. The highest BCUT2D eigenvalue weighted by Crippen LogP contribution is 2.36. The third-order valence-corrected chi connectivity index (χ3v) is 4.12. The Morgan fingerprint density at radius 2 is 2.12 bits per heavy atom. The number of hydrogen-bond donors (Lipinski definition) is 1. The molecule has 98 valence electrons. The van der Waals surface area contributed by atoms with Gasteiger partial charge in [-0.25, -0.2) is 0 Å². The number of rotatable bonds is 5. The zero-order valence-corrected chi connectivity index (χ0v) is 10.8. The maximum atomic E-state index is 10.9. The summed E-state index contributed by atoms with van der Waals surface area (Å²) < 4.78 is 5.83. The van der Waals surface area contributed by atoms with Crippen LogP contribution in [0.2, 0.25) is 0 Å². The maximum Gasteiger partial charge on any atom is 0.317 e. The van der Waals surface area contributed by atoms with E-state index in [-0.39, 0.29) is 12.1 Å². The van der Waals surface area contributed by atoms with Crippen molar-refractivity contribution >= 4 is 5.97 Å². The first-order valence-electron chi connectivity index (χ1n) is 6.65. The van der Waals surface area contributed by atoms with E-state index in [0.29, 0.717) is 12.1 Å². The van der Waals surface area contributed by atoms with Gasteiger partial charge in [-0.2, -0.15) is 0 Å². The molecule has 2 fully saturated rings. The molecule has 1 heterocycles. The highest BCUT2D eigenvalue weighted by Gasteiger charge is 2.40. The first-order valence-corrected chi connectivity index (χ1v) is 6.65. The average Bonchev–Trinajstić information content (AvgIpc) is 3.09. The van der Waals surface area contributed by atoms with Crippen LogP contribution >= 0.6 is 0 Å². The van der Waals surface area contributed by atoms with Gasteiger partial charge in [0.15, 0.2) is 0 Å². The van der Waals surface area contributed by atoms with Crippen LogP contribution in [-0.2, 0) is 9.53 Å². The molecule has 17 heavy (non-hydrogen) atoms. The van der Waals surface area contributed by atoms with Crippen molar-refractivity contribution in [3.8, 4) is 0 Å². The molecule has 0 aromatic carbocycles. The fourth-order valence-corrected chi connectivity index (χ4v) is 2.75. The van der Waals surface area contributed by atoms with Crippen LogP contribution in [0.4, 0.5) is 0 Å². The Morgan fingerprint density at radius 3 is 2.65 bits per heavy atom. The van der Waals surface area contributed by atoms with E-state index in [1.165, 1.54) is 0 Å². The number of hydrogen-bond acceptors (Lipinski definition) is 3. The lowest BCUT2D eigenvalue weighted by Gasteiger charge is -2.42. The lowest BCUT2D eigenvalue weighted by atomic mass is 9.89. The van der Waals surface area contributed by atoms with Crippen LogP contribution in [0.25, 0.3) is 0 Å². The number of ether oxygens (including phenoxy) is 1. The van der Waals surface area contributed by atoms with Gasteiger partial charge in [0.05, 0.1) is 12.1 Å². The topological polar surface area (TPSA) is 49.8 Å². The minimum atomic E-state index is -0.707. The summed E-state index contributed by atoms with van der Waals surface area (Å²) in [7, 11) is 0. The van der Waals surface area contributed by atoms with Crippen LogP contribution in [0.15, 0.2) is 0 Å². The van der Waals surface area contributed by atoms with Gasteiger partial charge < -0.3 is 9.84 Å². The van der Waals surface area contributed by atoms with Crippen LogP contribution in [0.5, 0.6) is 0 Å². The summed E-state index contributed by atoms with van der Waals surface area (Å²) in [6, 6.07) is 0.896. The van der Waals surface area contributed by atoms with Crippen molar-refractivity contribution in [3.63, 3.8) is 0 Å². The molecule has 2 aliphatic rings. The molecule has 1 saturated carbocycles. The molecule has 0 aromatic rings. The standard InChI is InChI=1S/C13H23NO3/c1-3-13(2)8-11(6-7-17-13)14(9-12(15)16)10-4-5-10/h10-11H,3-9H2,1-2H3,(H,15,16). The fraction of sp³-hybridized carbons (Fsp3) is 0.923. The summed E-state index contributed by atoms with van der Waals surface area (Å²) in [6.07, 6.45) is 5.25. The highest BCUT2D eigenvalue weighted by molar-refractivity contribution is 5.69. The SMILES string of the molecule is CCC1(C)CC(N(CC(=O)O)C2CC2)CCO1. The van der Waals surface area contributed by atoms with Crippen molar-refractivity contribution in [3.05, 3.63) is 0 Å². The molecule has 2 unspecified atom stereocenters. The molecule has 1 N–H and O–H groups in total. The summed E-state index contributed by atoms with van der Waals surface area (Å²) >= 11 is 0. The smallest absolute Gasteiger partial charge is 0.317 e. The largest absolute Gasteiger partial charge is 0.480 e. The zero-order chi connectivity index (χ0) is 12.5. The number of nitrogens with zero attached hydrogens (tertiary/aromatic N) is 1. The van der Waals surface area contributed by atoms with Crippen LogP contribution in [0.3, 0.4) is 0 Å². The van der Waals surface area contributed by atoms with Gasteiger partial charge in [0.1, 0.15) is 0 Å². The Bertz CT molecular complexity index is 290. The van der Waals surface area contributed by atoms with Gasteiger partial charge in [0.2, 0.25) is 0 Å². The summed E-state index contributed by atoms with van der Waals surface area (Å²) in [6.45, 7) is 5.24.